The largest absolute Gasteiger partial charge is 0.462 e. The lowest BCUT2D eigenvalue weighted by Gasteiger charge is -2.04. The molecule has 0 fully saturated rings. The molecule has 6 heteroatoms. The van der Waals surface area contributed by atoms with E-state index in [2.05, 4.69) is 5.10 Å². The van der Waals surface area contributed by atoms with Crippen molar-refractivity contribution in [2.45, 2.75) is 13.5 Å². The van der Waals surface area contributed by atoms with Crippen LogP contribution in [0.4, 0.5) is 5.82 Å². The first-order valence-corrected chi connectivity index (χ1v) is 4.74. The maximum Gasteiger partial charge on any atom is 0.327 e. The summed E-state index contributed by atoms with van der Waals surface area (Å²) in [6.07, 6.45) is 1.62. The fraction of sp³-hybridized carbons (Fsp3) is 0.556. The van der Waals surface area contributed by atoms with E-state index < -0.39 is 0 Å². The maximum absolute atomic E-state index is 11.2. The lowest BCUT2D eigenvalue weighted by atomic mass is 10.6. The third-order valence-electron chi connectivity index (χ3n) is 1.65. The summed E-state index contributed by atoms with van der Waals surface area (Å²) < 4.78 is 11.3. The van der Waals surface area contributed by atoms with E-state index in [1.165, 1.54) is 4.68 Å². The normalized spacial score (nSPS) is 10.2. The number of hydrogen-bond donors (Lipinski definition) is 1. The summed E-state index contributed by atoms with van der Waals surface area (Å²) in [5, 5.41) is 3.86. The van der Waals surface area contributed by atoms with Crippen LogP contribution in [-0.4, -0.2) is 35.6 Å². The van der Waals surface area contributed by atoms with Crippen LogP contribution in [-0.2, 0) is 20.8 Å². The van der Waals surface area contributed by atoms with Crippen LogP contribution < -0.4 is 5.73 Å². The van der Waals surface area contributed by atoms with Gasteiger partial charge in [-0.2, -0.15) is 5.10 Å². The van der Waals surface area contributed by atoms with Crippen molar-refractivity contribution in [3.8, 4) is 0 Å². The highest BCUT2D eigenvalue weighted by Gasteiger charge is 2.04. The predicted octanol–water partition coefficient (Wildman–Crippen LogP) is 0.0450. The van der Waals surface area contributed by atoms with Gasteiger partial charge in [-0.05, 0) is 13.0 Å². The van der Waals surface area contributed by atoms with Crippen LogP contribution in [0.1, 0.15) is 6.92 Å². The minimum absolute atomic E-state index is 0.0727. The number of rotatable bonds is 6. The molecule has 1 heterocycles. The van der Waals surface area contributed by atoms with Crippen LogP contribution in [0.3, 0.4) is 0 Å². The van der Waals surface area contributed by atoms with E-state index in [0.717, 1.165) is 0 Å². The quantitative estimate of drug-likeness (QED) is 0.533. The SMILES string of the molecule is CCOCCOC(=O)Cn1ccc(N)n1. The van der Waals surface area contributed by atoms with Crippen molar-refractivity contribution in [2.24, 2.45) is 0 Å². The van der Waals surface area contributed by atoms with Crippen molar-refractivity contribution >= 4 is 11.8 Å². The summed E-state index contributed by atoms with van der Waals surface area (Å²) in [5.41, 5.74) is 5.39. The van der Waals surface area contributed by atoms with E-state index in [1.807, 2.05) is 6.92 Å². The molecule has 1 rings (SSSR count). The number of ether oxygens (including phenoxy) is 2. The maximum atomic E-state index is 11.2. The van der Waals surface area contributed by atoms with Gasteiger partial charge in [-0.15, -0.1) is 0 Å². The number of aromatic nitrogens is 2. The molecule has 0 unspecified atom stereocenters. The monoisotopic (exact) mass is 213 g/mol. The van der Waals surface area contributed by atoms with Gasteiger partial charge in [-0.3, -0.25) is 9.48 Å². The summed E-state index contributed by atoms with van der Waals surface area (Å²) in [7, 11) is 0. The van der Waals surface area contributed by atoms with E-state index >= 15 is 0 Å². The predicted molar refractivity (Wildman–Crippen MR) is 54.1 cm³/mol. The van der Waals surface area contributed by atoms with E-state index in [-0.39, 0.29) is 19.1 Å². The van der Waals surface area contributed by atoms with E-state index in [9.17, 15) is 4.79 Å². The van der Waals surface area contributed by atoms with Gasteiger partial charge in [0.15, 0.2) is 0 Å². The summed E-state index contributed by atoms with van der Waals surface area (Å²) >= 11 is 0. The van der Waals surface area contributed by atoms with Gasteiger partial charge in [0.05, 0.1) is 6.61 Å². The van der Waals surface area contributed by atoms with Gasteiger partial charge in [0.25, 0.3) is 0 Å². The number of hydrogen-bond acceptors (Lipinski definition) is 5. The molecule has 0 radical (unpaired) electrons. The lowest BCUT2D eigenvalue weighted by molar-refractivity contribution is -0.146. The Balaban J connectivity index is 2.18. The molecule has 0 saturated heterocycles. The standard InChI is InChI=1S/C9H15N3O3/c1-2-14-5-6-15-9(13)7-12-4-3-8(10)11-12/h3-4H,2,5-7H2,1H3,(H2,10,11). The summed E-state index contributed by atoms with van der Waals surface area (Å²) in [6.45, 7) is 3.26. The highest BCUT2D eigenvalue weighted by molar-refractivity contribution is 5.69. The van der Waals surface area contributed by atoms with Crippen molar-refractivity contribution in [3.63, 3.8) is 0 Å². The van der Waals surface area contributed by atoms with Crippen molar-refractivity contribution in [1.82, 2.24) is 9.78 Å². The summed E-state index contributed by atoms with van der Waals surface area (Å²) in [5.74, 6) is 0.0370. The van der Waals surface area contributed by atoms with Crippen molar-refractivity contribution in [1.29, 1.82) is 0 Å². The van der Waals surface area contributed by atoms with E-state index in [0.29, 0.717) is 19.0 Å². The molecule has 0 bridgehead atoms. The molecule has 2 N–H and O–H groups in total. The van der Waals surface area contributed by atoms with Crippen molar-refractivity contribution in [3.05, 3.63) is 12.3 Å². The third kappa shape index (κ3) is 4.46. The van der Waals surface area contributed by atoms with Gasteiger partial charge in [-0.1, -0.05) is 0 Å². The topological polar surface area (TPSA) is 79.4 Å². The van der Waals surface area contributed by atoms with Crippen LogP contribution in [0.15, 0.2) is 12.3 Å². The highest BCUT2D eigenvalue weighted by atomic mass is 16.6. The fourth-order valence-corrected chi connectivity index (χ4v) is 1.00. The van der Waals surface area contributed by atoms with Gasteiger partial charge in [0.2, 0.25) is 0 Å². The van der Waals surface area contributed by atoms with Crippen LogP contribution >= 0.6 is 0 Å². The van der Waals surface area contributed by atoms with Crippen LogP contribution in [0, 0.1) is 0 Å². The molecule has 0 spiro atoms. The second kappa shape index (κ2) is 6.02. The molecule has 0 aliphatic heterocycles. The molecule has 6 nitrogen and oxygen atoms in total. The molecule has 0 saturated carbocycles. The van der Waals surface area contributed by atoms with E-state index in [4.69, 9.17) is 15.2 Å². The lowest BCUT2D eigenvalue weighted by Crippen LogP contribution is -2.16. The first-order chi connectivity index (χ1) is 7.22. The Labute approximate surface area is 88.0 Å². The van der Waals surface area contributed by atoms with Crippen molar-refractivity contribution in [2.75, 3.05) is 25.6 Å². The molecule has 1 aromatic heterocycles. The number of esters is 1. The van der Waals surface area contributed by atoms with Gasteiger partial charge in [0, 0.05) is 12.8 Å². The second-order valence-electron chi connectivity index (χ2n) is 2.86. The number of anilines is 1. The zero-order chi connectivity index (χ0) is 11.1. The molecular formula is C9H15N3O3. The Morgan fingerprint density at radius 2 is 2.40 bits per heavy atom. The van der Waals surface area contributed by atoms with Gasteiger partial charge in [-0.25, -0.2) is 0 Å². The zero-order valence-corrected chi connectivity index (χ0v) is 8.68. The number of carbonyl (C=O) groups excluding carboxylic acids is 1. The Kier molecular flexibility index (Phi) is 4.62. The number of carbonyl (C=O) groups is 1. The van der Waals surface area contributed by atoms with Crippen molar-refractivity contribution < 1.29 is 14.3 Å². The van der Waals surface area contributed by atoms with E-state index in [1.54, 1.807) is 12.3 Å². The number of nitrogens with two attached hydrogens (primary N) is 1. The number of nitrogens with zero attached hydrogens (tertiary/aromatic N) is 2. The molecule has 84 valence electrons. The summed E-state index contributed by atoms with van der Waals surface area (Å²) in [6, 6.07) is 1.62. The van der Waals surface area contributed by atoms with Crippen LogP contribution in [0.2, 0.25) is 0 Å². The molecule has 15 heavy (non-hydrogen) atoms. The van der Waals surface area contributed by atoms with Gasteiger partial charge in [0.1, 0.15) is 19.0 Å². The number of nitrogen functional groups attached to an aromatic ring is 1. The average molecular weight is 213 g/mol. The minimum Gasteiger partial charge on any atom is -0.462 e. The van der Waals surface area contributed by atoms with Gasteiger partial charge < -0.3 is 15.2 Å². The molecular weight excluding hydrogens is 198 g/mol. The van der Waals surface area contributed by atoms with Crippen LogP contribution in [0.25, 0.3) is 0 Å². The Bertz CT molecular complexity index is 311. The summed E-state index contributed by atoms with van der Waals surface area (Å²) in [4.78, 5) is 11.2. The smallest absolute Gasteiger partial charge is 0.327 e. The van der Waals surface area contributed by atoms with Gasteiger partial charge >= 0.3 is 5.97 Å². The molecule has 0 atom stereocenters. The Hall–Kier alpha value is -1.56. The zero-order valence-electron chi connectivity index (χ0n) is 8.68. The molecule has 0 aromatic carbocycles. The first-order valence-electron chi connectivity index (χ1n) is 4.74. The second-order valence-corrected chi connectivity index (χ2v) is 2.86. The average Bonchev–Trinajstić information content (AvgIpc) is 2.59. The molecule has 0 aliphatic rings. The Morgan fingerprint density at radius 1 is 1.60 bits per heavy atom. The first kappa shape index (κ1) is 11.5. The molecule has 0 amide bonds. The highest BCUT2D eigenvalue weighted by Crippen LogP contribution is 1.96. The Morgan fingerprint density at radius 3 is 3.00 bits per heavy atom. The molecule has 1 aromatic rings. The van der Waals surface area contributed by atoms with Crippen LogP contribution in [0.5, 0.6) is 0 Å². The fourth-order valence-electron chi connectivity index (χ4n) is 1.00. The molecule has 0 aliphatic carbocycles. The third-order valence-corrected chi connectivity index (χ3v) is 1.65. The minimum atomic E-state index is -0.349.